The Morgan fingerprint density at radius 2 is 1.92 bits per heavy atom. The minimum atomic E-state index is -3.70. The summed E-state index contributed by atoms with van der Waals surface area (Å²) < 4.78 is 53.0. The number of halogens is 1. The topological polar surface area (TPSA) is 72.4 Å². The molecule has 0 aliphatic carbocycles. The Hall–Kier alpha value is -2.10. The molecule has 0 aliphatic rings. The number of rotatable bonds is 6. The number of hydrogen-bond acceptors (Lipinski definition) is 6. The van der Waals surface area contributed by atoms with Crippen molar-refractivity contribution in [2.75, 3.05) is 20.2 Å². The molecule has 0 bridgehead atoms. The maximum atomic E-state index is 12.8. The Kier molecular flexibility index (Phi) is 4.74. The van der Waals surface area contributed by atoms with Crippen LogP contribution < -0.4 is 4.74 Å². The fraction of sp³-hybridized carbons (Fsp3) is 0.200. The molecular weight excluding hydrogens is 353 g/mol. The third kappa shape index (κ3) is 3.37. The van der Waals surface area contributed by atoms with Gasteiger partial charge >= 0.3 is 0 Å². The minimum Gasteiger partial charge on any atom is -0.492 e. The van der Waals surface area contributed by atoms with Crippen LogP contribution in [0.1, 0.15) is 0 Å². The van der Waals surface area contributed by atoms with E-state index >= 15 is 0 Å². The number of nitrogens with zero attached hydrogens (tertiary/aromatic N) is 3. The standard InChI is InChI=1S/C15H14FN3O3S2/c1-19(9-10-22-12-7-5-11(16)6-8-12)24(20,21)14-4-2-3-13-15(14)18-23-17-13/h2-8H,9-10H2,1H3. The van der Waals surface area contributed by atoms with Gasteiger partial charge in [0.25, 0.3) is 0 Å². The highest BCUT2D eigenvalue weighted by molar-refractivity contribution is 7.89. The average molecular weight is 367 g/mol. The van der Waals surface area contributed by atoms with Gasteiger partial charge in [0.2, 0.25) is 10.0 Å². The van der Waals surface area contributed by atoms with Gasteiger partial charge in [-0.25, -0.2) is 12.8 Å². The van der Waals surface area contributed by atoms with E-state index in [1.54, 1.807) is 12.1 Å². The summed E-state index contributed by atoms with van der Waals surface area (Å²) in [6.45, 7) is 0.292. The number of likely N-dealkylation sites (N-methyl/N-ethyl adjacent to an activating group) is 1. The maximum Gasteiger partial charge on any atom is 0.245 e. The van der Waals surface area contributed by atoms with Gasteiger partial charge < -0.3 is 4.74 Å². The summed E-state index contributed by atoms with van der Waals surface area (Å²) in [5, 5.41) is 0. The molecule has 0 spiro atoms. The predicted molar refractivity (Wildman–Crippen MR) is 89.1 cm³/mol. The van der Waals surface area contributed by atoms with Gasteiger partial charge in [-0.05, 0) is 36.4 Å². The van der Waals surface area contributed by atoms with Gasteiger partial charge in [-0.3, -0.25) is 0 Å². The van der Waals surface area contributed by atoms with Gasteiger partial charge in [-0.2, -0.15) is 13.1 Å². The monoisotopic (exact) mass is 367 g/mol. The first-order chi connectivity index (χ1) is 11.5. The second-order valence-corrected chi connectivity index (χ2v) is 7.56. The van der Waals surface area contributed by atoms with Crippen LogP contribution >= 0.6 is 11.7 Å². The van der Waals surface area contributed by atoms with Gasteiger partial charge in [0.05, 0.1) is 11.7 Å². The predicted octanol–water partition coefficient (Wildman–Crippen LogP) is 2.53. The van der Waals surface area contributed by atoms with E-state index in [9.17, 15) is 12.8 Å². The van der Waals surface area contributed by atoms with E-state index < -0.39 is 10.0 Å². The Morgan fingerprint density at radius 1 is 1.17 bits per heavy atom. The second-order valence-electron chi connectivity index (χ2n) is 5.02. The quantitative estimate of drug-likeness (QED) is 0.669. The lowest BCUT2D eigenvalue weighted by atomic mass is 10.3. The lowest BCUT2D eigenvalue weighted by Crippen LogP contribution is -2.31. The second kappa shape index (κ2) is 6.80. The smallest absolute Gasteiger partial charge is 0.245 e. The number of fused-ring (bicyclic) bond motifs is 1. The SMILES string of the molecule is CN(CCOc1ccc(F)cc1)S(=O)(=O)c1cccc2nsnc12. The molecule has 0 atom stereocenters. The zero-order valence-corrected chi connectivity index (χ0v) is 14.3. The van der Waals surface area contributed by atoms with Crippen molar-refractivity contribution in [2.24, 2.45) is 0 Å². The van der Waals surface area contributed by atoms with Crippen molar-refractivity contribution in [1.82, 2.24) is 13.1 Å². The van der Waals surface area contributed by atoms with Crippen LogP contribution in [0.4, 0.5) is 4.39 Å². The summed E-state index contributed by atoms with van der Waals surface area (Å²) >= 11 is 0.973. The molecule has 3 rings (SSSR count). The first-order valence-corrected chi connectivity index (χ1v) is 9.21. The van der Waals surface area contributed by atoms with Crippen molar-refractivity contribution in [3.8, 4) is 5.75 Å². The lowest BCUT2D eigenvalue weighted by Gasteiger charge is -2.17. The molecule has 0 amide bonds. The third-order valence-corrected chi connectivity index (χ3v) is 5.86. The molecule has 6 nitrogen and oxygen atoms in total. The van der Waals surface area contributed by atoms with Crippen LogP contribution in [-0.2, 0) is 10.0 Å². The molecule has 3 aromatic rings. The van der Waals surface area contributed by atoms with Gasteiger partial charge in [0.15, 0.2) is 0 Å². The normalized spacial score (nSPS) is 12.0. The van der Waals surface area contributed by atoms with E-state index in [0.29, 0.717) is 16.8 Å². The first-order valence-electron chi connectivity index (χ1n) is 7.04. The van der Waals surface area contributed by atoms with Crippen molar-refractivity contribution >= 4 is 32.8 Å². The van der Waals surface area contributed by atoms with Crippen molar-refractivity contribution in [3.05, 3.63) is 48.3 Å². The molecule has 1 heterocycles. The number of aromatic nitrogens is 2. The van der Waals surface area contributed by atoms with Gasteiger partial charge in [0, 0.05) is 13.6 Å². The largest absolute Gasteiger partial charge is 0.492 e. The highest BCUT2D eigenvalue weighted by Crippen LogP contribution is 2.23. The fourth-order valence-electron chi connectivity index (χ4n) is 2.10. The summed E-state index contributed by atoms with van der Waals surface area (Å²) in [4.78, 5) is 0.123. The first kappa shape index (κ1) is 16.7. The van der Waals surface area contributed by atoms with Crippen molar-refractivity contribution in [1.29, 1.82) is 0 Å². The lowest BCUT2D eigenvalue weighted by molar-refractivity contribution is 0.286. The average Bonchev–Trinajstić information content (AvgIpc) is 3.05. The van der Waals surface area contributed by atoms with Crippen molar-refractivity contribution < 1.29 is 17.5 Å². The molecular formula is C15H14FN3O3S2. The van der Waals surface area contributed by atoms with Crippen LogP contribution in [0.5, 0.6) is 5.75 Å². The molecule has 126 valence electrons. The Bertz CT molecular complexity index is 942. The fourth-order valence-corrected chi connectivity index (χ4v) is 4.00. The van der Waals surface area contributed by atoms with Crippen LogP contribution in [0, 0.1) is 5.82 Å². The van der Waals surface area contributed by atoms with E-state index in [-0.39, 0.29) is 23.9 Å². The Labute approximate surface area is 142 Å². The molecule has 0 radical (unpaired) electrons. The number of ether oxygens (including phenoxy) is 1. The van der Waals surface area contributed by atoms with E-state index in [1.165, 1.54) is 41.7 Å². The molecule has 0 fully saturated rings. The highest BCUT2D eigenvalue weighted by Gasteiger charge is 2.24. The van der Waals surface area contributed by atoms with Crippen LogP contribution in [0.3, 0.4) is 0 Å². The summed E-state index contributed by atoms with van der Waals surface area (Å²) in [5.41, 5.74) is 0.922. The van der Waals surface area contributed by atoms with E-state index in [0.717, 1.165) is 11.7 Å². The number of sulfonamides is 1. The molecule has 24 heavy (non-hydrogen) atoms. The highest BCUT2D eigenvalue weighted by atomic mass is 32.2. The van der Waals surface area contributed by atoms with E-state index in [1.807, 2.05) is 0 Å². The van der Waals surface area contributed by atoms with Crippen molar-refractivity contribution in [3.63, 3.8) is 0 Å². The van der Waals surface area contributed by atoms with Gasteiger partial charge in [0.1, 0.15) is 34.1 Å². The van der Waals surface area contributed by atoms with Gasteiger partial charge in [-0.15, -0.1) is 0 Å². The zero-order chi connectivity index (χ0) is 17.2. The molecule has 2 aromatic carbocycles. The third-order valence-electron chi connectivity index (χ3n) is 3.43. The Morgan fingerprint density at radius 3 is 2.67 bits per heavy atom. The molecule has 1 aromatic heterocycles. The van der Waals surface area contributed by atoms with E-state index in [2.05, 4.69) is 8.75 Å². The zero-order valence-electron chi connectivity index (χ0n) is 12.7. The Balaban J connectivity index is 1.70. The van der Waals surface area contributed by atoms with Crippen LogP contribution in [0.25, 0.3) is 11.0 Å². The van der Waals surface area contributed by atoms with E-state index in [4.69, 9.17) is 4.74 Å². The molecule has 0 saturated carbocycles. The van der Waals surface area contributed by atoms with Crippen molar-refractivity contribution in [2.45, 2.75) is 4.90 Å². The summed E-state index contributed by atoms with van der Waals surface area (Å²) in [6, 6.07) is 10.4. The molecule has 0 unspecified atom stereocenters. The van der Waals surface area contributed by atoms with Crippen LogP contribution in [-0.4, -0.2) is 41.7 Å². The number of hydrogen-bond donors (Lipinski definition) is 0. The molecule has 0 N–H and O–H groups in total. The maximum absolute atomic E-state index is 12.8. The minimum absolute atomic E-state index is 0.123. The summed E-state index contributed by atoms with van der Waals surface area (Å²) in [6.07, 6.45) is 0. The van der Waals surface area contributed by atoms with Crippen LogP contribution in [0.15, 0.2) is 47.4 Å². The molecule has 0 saturated heterocycles. The molecule has 9 heteroatoms. The van der Waals surface area contributed by atoms with Gasteiger partial charge in [-0.1, -0.05) is 6.07 Å². The summed E-state index contributed by atoms with van der Waals surface area (Å²) in [7, 11) is -2.22. The summed E-state index contributed by atoms with van der Waals surface area (Å²) in [5.74, 6) is 0.125. The molecule has 0 aliphatic heterocycles. The number of benzene rings is 2. The van der Waals surface area contributed by atoms with Crippen LogP contribution in [0.2, 0.25) is 0 Å².